The first kappa shape index (κ1) is 13.2. The maximum absolute atomic E-state index is 5.94. The van der Waals surface area contributed by atoms with E-state index in [1.165, 1.54) is 0 Å². The minimum atomic E-state index is 0.426. The summed E-state index contributed by atoms with van der Waals surface area (Å²) in [7, 11) is 1.86. The van der Waals surface area contributed by atoms with Crippen molar-refractivity contribution in [2.24, 2.45) is 7.05 Å². The first-order valence-electron chi connectivity index (χ1n) is 4.66. The summed E-state index contributed by atoms with van der Waals surface area (Å²) in [5.41, 5.74) is 0.926. The van der Waals surface area contributed by atoms with Crippen molar-refractivity contribution < 1.29 is 0 Å². The van der Waals surface area contributed by atoms with E-state index in [1.807, 2.05) is 18.8 Å². The summed E-state index contributed by atoms with van der Waals surface area (Å²) in [4.78, 5) is 3.98. The van der Waals surface area contributed by atoms with E-state index in [4.69, 9.17) is 23.2 Å². The Morgan fingerprint density at radius 2 is 2.20 bits per heavy atom. The first-order valence-corrected chi connectivity index (χ1v) is 6.70. The van der Waals surface area contributed by atoms with Gasteiger partial charge < -0.3 is 9.88 Å². The Labute approximate surface area is 105 Å². The van der Waals surface area contributed by atoms with Gasteiger partial charge in [-0.2, -0.15) is 11.8 Å². The van der Waals surface area contributed by atoms with Crippen molar-refractivity contribution in [1.29, 1.82) is 0 Å². The van der Waals surface area contributed by atoms with Crippen molar-refractivity contribution in [3.63, 3.8) is 0 Å². The van der Waals surface area contributed by atoms with Crippen LogP contribution in [0.2, 0.25) is 10.4 Å². The third-order valence-corrected chi connectivity index (χ3v) is 3.85. The second-order valence-corrected chi connectivity index (χ2v) is 5.33. The molecule has 1 heterocycles. The van der Waals surface area contributed by atoms with Crippen LogP contribution in [0.5, 0.6) is 0 Å². The standard InChI is InChI=1S/C9H15Cl2N3S/c1-6(15-3)4-12-5-7-8(10)13-9(11)14(7)2/h6,12H,4-5H2,1-3H3. The number of imidazole rings is 1. The highest BCUT2D eigenvalue weighted by atomic mass is 35.5. The lowest BCUT2D eigenvalue weighted by Gasteiger charge is -2.10. The topological polar surface area (TPSA) is 29.9 Å². The smallest absolute Gasteiger partial charge is 0.204 e. The van der Waals surface area contributed by atoms with Crippen LogP contribution in [0.3, 0.4) is 0 Å². The quantitative estimate of drug-likeness (QED) is 0.890. The summed E-state index contributed by atoms with van der Waals surface area (Å²) >= 11 is 13.6. The molecule has 1 rings (SSSR count). The highest BCUT2D eigenvalue weighted by molar-refractivity contribution is 7.99. The zero-order valence-corrected chi connectivity index (χ0v) is 11.4. The highest BCUT2D eigenvalue weighted by Gasteiger charge is 2.11. The van der Waals surface area contributed by atoms with Gasteiger partial charge in [-0.1, -0.05) is 18.5 Å². The number of thioether (sulfide) groups is 1. The van der Waals surface area contributed by atoms with Gasteiger partial charge in [0, 0.05) is 25.4 Å². The lowest BCUT2D eigenvalue weighted by Crippen LogP contribution is -2.23. The fraction of sp³-hybridized carbons (Fsp3) is 0.667. The van der Waals surface area contributed by atoms with Crippen LogP contribution >= 0.6 is 35.0 Å². The second-order valence-electron chi connectivity index (χ2n) is 3.35. The molecule has 1 aromatic heterocycles. The summed E-state index contributed by atoms with van der Waals surface area (Å²) in [5, 5.41) is 4.82. The van der Waals surface area contributed by atoms with Crippen molar-refractivity contribution in [3.8, 4) is 0 Å². The molecular formula is C9H15Cl2N3S. The second kappa shape index (κ2) is 5.99. The summed E-state index contributed by atoms with van der Waals surface area (Å²) in [6.45, 7) is 3.82. The molecule has 0 spiro atoms. The van der Waals surface area contributed by atoms with Crippen LogP contribution in [0, 0.1) is 0 Å². The van der Waals surface area contributed by atoms with Gasteiger partial charge in [0.05, 0.1) is 5.69 Å². The monoisotopic (exact) mass is 267 g/mol. The van der Waals surface area contributed by atoms with Crippen LogP contribution in [0.1, 0.15) is 12.6 Å². The molecule has 86 valence electrons. The minimum absolute atomic E-state index is 0.426. The molecule has 0 bridgehead atoms. The van der Waals surface area contributed by atoms with Gasteiger partial charge in [-0.25, -0.2) is 4.98 Å². The molecule has 1 N–H and O–H groups in total. The molecule has 0 aromatic carbocycles. The van der Waals surface area contributed by atoms with Gasteiger partial charge in [-0.15, -0.1) is 0 Å². The Morgan fingerprint density at radius 3 is 2.67 bits per heavy atom. The molecule has 0 saturated heterocycles. The molecule has 1 atom stereocenters. The molecule has 0 amide bonds. The Bertz CT molecular complexity index is 327. The number of hydrogen-bond acceptors (Lipinski definition) is 3. The minimum Gasteiger partial charge on any atom is -0.319 e. The van der Waals surface area contributed by atoms with Crippen molar-refractivity contribution in [2.45, 2.75) is 18.7 Å². The van der Waals surface area contributed by atoms with Crippen molar-refractivity contribution in [3.05, 3.63) is 16.1 Å². The average Bonchev–Trinajstić information content (AvgIpc) is 2.44. The molecule has 0 fully saturated rings. The summed E-state index contributed by atoms with van der Waals surface area (Å²) in [6, 6.07) is 0. The number of rotatable bonds is 5. The van der Waals surface area contributed by atoms with Gasteiger partial charge in [0.15, 0.2) is 5.15 Å². The van der Waals surface area contributed by atoms with Crippen molar-refractivity contribution >= 4 is 35.0 Å². The first-order chi connectivity index (χ1) is 7.06. The Kier molecular flexibility index (Phi) is 5.26. The Hall–Kier alpha value is 0.1000. The maximum Gasteiger partial charge on any atom is 0.204 e. The summed E-state index contributed by atoms with van der Waals surface area (Å²) in [5.74, 6) is 0. The molecule has 6 heteroatoms. The lowest BCUT2D eigenvalue weighted by molar-refractivity contribution is 0.651. The van der Waals surface area contributed by atoms with Crippen molar-refractivity contribution in [1.82, 2.24) is 14.9 Å². The molecular weight excluding hydrogens is 253 g/mol. The normalized spacial score (nSPS) is 13.1. The molecule has 0 aliphatic carbocycles. The van der Waals surface area contributed by atoms with Gasteiger partial charge in [0.2, 0.25) is 5.28 Å². The number of hydrogen-bond donors (Lipinski definition) is 1. The molecule has 1 aromatic rings. The molecule has 3 nitrogen and oxygen atoms in total. The Balaban J connectivity index is 2.50. The average molecular weight is 268 g/mol. The lowest BCUT2D eigenvalue weighted by atomic mass is 10.4. The van der Waals surface area contributed by atoms with E-state index in [-0.39, 0.29) is 0 Å². The fourth-order valence-electron chi connectivity index (χ4n) is 1.14. The van der Waals surface area contributed by atoms with Gasteiger partial charge in [-0.3, -0.25) is 0 Å². The molecule has 0 saturated carbocycles. The Morgan fingerprint density at radius 1 is 1.53 bits per heavy atom. The largest absolute Gasteiger partial charge is 0.319 e. The molecule has 0 aliphatic rings. The number of halogens is 2. The van der Waals surface area contributed by atoms with E-state index in [0.717, 1.165) is 12.2 Å². The zero-order chi connectivity index (χ0) is 11.4. The molecule has 15 heavy (non-hydrogen) atoms. The predicted molar refractivity (Wildman–Crippen MR) is 67.9 cm³/mol. The van der Waals surface area contributed by atoms with Crippen LogP contribution in [0.15, 0.2) is 0 Å². The van der Waals surface area contributed by atoms with Crippen LogP contribution in [0.4, 0.5) is 0 Å². The number of nitrogens with zero attached hydrogens (tertiary/aromatic N) is 2. The van der Waals surface area contributed by atoms with E-state index in [9.17, 15) is 0 Å². The molecule has 1 unspecified atom stereocenters. The van der Waals surface area contributed by atoms with E-state index in [2.05, 4.69) is 23.5 Å². The SMILES string of the molecule is CSC(C)CNCc1c(Cl)nc(Cl)n1C. The zero-order valence-electron chi connectivity index (χ0n) is 9.05. The van der Waals surface area contributed by atoms with Gasteiger partial charge >= 0.3 is 0 Å². The van der Waals surface area contributed by atoms with Crippen LogP contribution in [-0.2, 0) is 13.6 Å². The van der Waals surface area contributed by atoms with Gasteiger partial charge in [0.25, 0.3) is 0 Å². The van der Waals surface area contributed by atoms with E-state index >= 15 is 0 Å². The number of aromatic nitrogens is 2. The van der Waals surface area contributed by atoms with E-state index < -0.39 is 0 Å². The molecule has 0 radical (unpaired) electrons. The van der Waals surface area contributed by atoms with Crippen molar-refractivity contribution in [2.75, 3.05) is 12.8 Å². The van der Waals surface area contributed by atoms with Gasteiger partial charge in [-0.05, 0) is 17.9 Å². The van der Waals surface area contributed by atoms with E-state index in [1.54, 1.807) is 4.57 Å². The third-order valence-electron chi connectivity index (χ3n) is 2.24. The van der Waals surface area contributed by atoms with Crippen LogP contribution in [0.25, 0.3) is 0 Å². The fourth-order valence-corrected chi connectivity index (χ4v) is 1.93. The highest BCUT2D eigenvalue weighted by Crippen LogP contribution is 2.19. The van der Waals surface area contributed by atoms with Crippen LogP contribution < -0.4 is 5.32 Å². The third kappa shape index (κ3) is 3.55. The summed E-state index contributed by atoms with van der Waals surface area (Å²) in [6.07, 6.45) is 2.10. The van der Waals surface area contributed by atoms with E-state index in [0.29, 0.717) is 22.2 Å². The molecule has 0 aliphatic heterocycles. The van der Waals surface area contributed by atoms with Crippen LogP contribution in [-0.4, -0.2) is 27.6 Å². The number of nitrogens with one attached hydrogen (secondary N) is 1. The maximum atomic E-state index is 5.94. The van der Waals surface area contributed by atoms with Gasteiger partial charge in [0.1, 0.15) is 0 Å². The summed E-state index contributed by atoms with van der Waals surface area (Å²) < 4.78 is 1.79. The predicted octanol–water partition coefficient (Wildman–Crippen LogP) is 2.57.